The Bertz CT molecular complexity index is 1150. The van der Waals surface area contributed by atoms with Gasteiger partial charge < -0.3 is 35.0 Å². The van der Waals surface area contributed by atoms with Crippen LogP contribution in [0, 0.1) is 50.2 Å². The number of rotatable bonds is 4. The summed E-state index contributed by atoms with van der Waals surface area (Å²) in [6.07, 6.45) is 6.28. The molecule has 0 radical (unpaired) electrons. The van der Waals surface area contributed by atoms with Gasteiger partial charge in [0.2, 0.25) is 0 Å². The number of hydrogen-bond donors (Lipinski definition) is 5. The summed E-state index contributed by atoms with van der Waals surface area (Å²) in [7, 11) is 0. The Hall–Kier alpha value is -1.03. The van der Waals surface area contributed by atoms with Crippen molar-refractivity contribution in [3.05, 3.63) is 11.6 Å². The van der Waals surface area contributed by atoms with Gasteiger partial charge in [-0.2, -0.15) is 0 Å². The zero-order valence-corrected chi connectivity index (χ0v) is 27.1. The normalized spacial score (nSPS) is 54.3. The van der Waals surface area contributed by atoms with Crippen LogP contribution in [-0.2, 0) is 14.3 Å². The molecule has 0 aromatic rings. The van der Waals surface area contributed by atoms with Gasteiger partial charge in [0.05, 0.1) is 18.1 Å². The molecular weight excluding hydrogens is 548 g/mol. The van der Waals surface area contributed by atoms with Crippen molar-refractivity contribution in [3.63, 3.8) is 0 Å². The first-order valence-electron chi connectivity index (χ1n) is 16.9. The van der Waals surface area contributed by atoms with Crippen LogP contribution in [0.5, 0.6) is 0 Å². The molecule has 0 spiro atoms. The number of aliphatic carboxylic acids is 1. The van der Waals surface area contributed by atoms with Crippen LogP contribution >= 0.6 is 0 Å². The predicted octanol–water partition coefficient (Wildman–Crippen LogP) is 4.67. The molecule has 8 nitrogen and oxygen atoms in total. The van der Waals surface area contributed by atoms with E-state index in [4.69, 9.17) is 9.47 Å². The molecule has 43 heavy (non-hydrogen) atoms. The highest BCUT2D eigenvalue weighted by molar-refractivity contribution is 5.76. The zero-order valence-electron chi connectivity index (χ0n) is 27.1. The Labute approximate surface area is 257 Å². The minimum atomic E-state index is -1.29. The maximum atomic E-state index is 12.9. The summed E-state index contributed by atoms with van der Waals surface area (Å²) in [5, 5.41) is 51.7. The fraction of sp³-hybridized carbons (Fsp3) is 0.914. The van der Waals surface area contributed by atoms with Gasteiger partial charge in [0, 0.05) is 6.61 Å². The SMILES string of the molecule is CC1(C)[C@@H](O[C@@H]2OC[C@H](O)[C@H](O)[C@H]2O)CC[C@]2(C)[C@H]3CC=C4[C@@H]5C[C@](C)(CO)CC[C@]5(C(=O)O)CC[C@@]4(C)[C@]3(C)CC[C@@H]12. The van der Waals surface area contributed by atoms with Crippen molar-refractivity contribution in [1.29, 1.82) is 0 Å². The van der Waals surface area contributed by atoms with E-state index in [1.54, 1.807) is 0 Å². The number of allylic oxidation sites excluding steroid dienone is 2. The Morgan fingerprint density at radius 1 is 0.930 bits per heavy atom. The van der Waals surface area contributed by atoms with E-state index < -0.39 is 36.0 Å². The number of aliphatic hydroxyl groups excluding tert-OH is 4. The molecule has 5 aliphatic carbocycles. The minimum Gasteiger partial charge on any atom is -0.481 e. The average molecular weight is 605 g/mol. The van der Waals surface area contributed by atoms with E-state index in [0.717, 1.165) is 51.4 Å². The topological polar surface area (TPSA) is 137 Å². The third-order valence-electron chi connectivity index (χ3n) is 15.0. The Balaban J connectivity index is 1.30. The smallest absolute Gasteiger partial charge is 0.310 e. The molecule has 1 heterocycles. The first kappa shape index (κ1) is 31.9. The molecule has 8 heteroatoms. The predicted molar refractivity (Wildman–Crippen MR) is 161 cm³/mol. The number of hydrogen-bond acceptors (Lipinski definition) is 7. The van der Waals surface area contributed by atoms with Crippen LogP contribution in [0.1, 0.15) is 106 Å². The monoisotopic (exact) mass is 604 g/mol. The lowest BCUT2D eigenvalue weighted by molar-refractivity contribution is -0.308. The fourth-order valence-electron chi connectivity index (χ4n) is 12.0. The lowest BCUT2D eigenvalue weighted by atomic mass is 9.33. The third kappa shape index (κ3) is 4.32. The lowest BCUT2D eigenvalue weighted by Crippen LogP contribution is -2.65. The van der Waals surface area contributed by atoms with E-state index in [1.807, 2.05) is 0 Å². The third-order valence-corrected chi connectivity index (χ3v) is 15.0. The van der Waals surface area contributed by atoms with Crippen LogP contribution < -0.4 is 0 Å². The molecule has 13 atom stereocenters. The van der Waals surface area contributed by atoms with E-state index in [1.165, 1.54) is 5.57 Å². The van der Waals surface area contributed by atoms with E-state index in [9.17, 15) is 30.3 Å². The molecule has 244 valence electrons. The second-order valence-electron chi connectivity index (χ2n) is 17.2. The number of carboxylic acids is 1. The van der Waals surface area contributed by atoms with Crippen molar-refractivity contribution in [2.45, 2.75) is 136 Å². The molecule has 0 amide bonds. The summed E-state index contributed by atoms with van der Waals surface area (Å²) in [5.74, 6) is 0.152. The van der Waals surface area contributed by atoms with E-state index in [2.05, 4.69) is 47.6 Å². The number of fused-ring (bicyclic) bond motifs is 7. The van der Waals surface area contributed by atoms with Gasteiger partial charge in [0.15, 0.2) is 6.29 Å². The number of ether oxygens (including phenoxy) is 2. The molecule has 0 bridgehead atoms. The van der Waals surface area contributed by atoms with E-state index >= 15 is 0 Å². The molecule has 1 aliphatic heterocycles. The second kappa shape index (κ2) is 10.2. The molecule has 5 N–H and O–H groups in total. The van der Waals surface area contributed by atoms with Crippen LogP contribution in [0.2, 0.25) is 0 Å². The molecule has 6 aliphatic rings. The maximum Gasteiger partial charge on any atom is 0.310 e. The summed E-state index contributed by atoms with van der Waals surface area (Å²) < 4.78 is 12.1. The summed E-state index contributed by atoms with van der Waals surface area (Å²) in [6, 6.07) is 0. The Kier molecular flexibility index (Phi) is 7.60. The van der Waals surface area contributed by atoms with Crippen molar-refractivity contribution < 1.29 is 39.8 Å². The average Bonchev–Trinajstić information content (AvgIpc) is 2.94. The summed E-state index contributed by atoms with van der Waals surface area (Å²) in [6.45, 7) is 14.2. The van der Waals surface area contributed by atoms with Crippen LogP contribution in [0.25, 0.3) is 0 Å². The van der Waals surface area contributed by atoms with Crippen LogP contribution in [0.4, 0.5) is 0 Å². The Morgan fingerprint density at radius 2 is 1.63 bits per heavy atom. The zero-order chi connectivity index (χ0) is 31.4. The highest BCUT2D eigenvalue weighted by Crippen LogP contribution is 2.76. The summed E-state index contributed by atoms with van der Waals surface area (Å²) in [5.41, 5.74) is 0.217. The number of carboxylic acid groups (broad SMARTS) is 1. The van der Waals surface area contributed by atoms with Gasteiger partial charge in [0.1, 0.15) is 18.3 Å². The van der Waals surface area contributed by atoms with Crippen molar-refractivity contribution in [1.82, 2.24) is 0 Å². The number of aliphatic hydroxyl groups is 4. The molecule has 6 rings (SSSR count). The highest BCUT2D eigenvalue weighted by Gasteiger charge is 2.69. The maximum absolute atomic E-state index is 12.9. The van der Waals surface area contributed by atoms with E-state index in [0.29, 0.717) is 24.7 Å². The van der Waals surface area contributed by atoms with Gasteiger partial charge in [-0.3, -0.25) is 4.79 Å². The molecule has 0 aromatic heterocycles. The molecule has 1 saturated heterocycles. The van der Waals surface area contributed by atoms with Crippen molar-refractivity contribution in [3.8, 4) is 0 Å². The molecular formula is C35H56O8. The molecule has 5 fully saturated rings. The standard InChI is InChI=1S/C35H56O8/c1-30(2)23-9-12-34(6)24(32(23,4)11-10-25(30)43-28-27(39)26(38)22(37)18-42-28)8-7-20-21-17-31(3,19-36)13-15-35(21,29(40)41)16-14-33(20,34)5/h7,21-28,36-39H,8-19H2,1-6H3,(H,40,41)/t21-,22-,23-,24+,25-,26-,27+,28-,31+,32-,33+,34+,35-/m0/s1. The molecule has 0 aromatic carbocycles. The van der Waals surface area contributed by atoms with E-state index in [-0.39, 0.29) is 52.3 Å². The minimum absolute atomic E-state index is 0.0330. The number of carbonyl (C=O) groups is 1. The van der Waals surface area contributed by atoms with Gasteiger partial charge in [0.25, 0.3) is 0 Å². The fourth-order valence-corrected chi connectivity index (χ4v) is 12.0. The Morgan fingerprint density at radius 3 is 2.30 bits per heavy atom. The van der Waals surface area contributed by atoms with Crippen molar-refractivity contribution in [2.75, 3.05) is 13.2 Å². The molecule has 4 saturated carbocycles. The van der Waals surface area contributed by atoms with Gasteiger partial charge >= 0.3 is 5.97 Å². The first-order chi connectivity index (χ1) is 20.0. The molecule has 0 unspecified atom stereocenters. The highest BCUT2D eigenvalue weighted by atomic mass is 16.7. The van der Waals surface area contributed by atoms with Crippen LogP contribution in [0.3, 0.4) is 0 Å². The lowest BCUT2D eigenvalue weighted by Gasteiger charge is -2.71. The quantitative estimate of drug-likeness (QED) is 0.231. The van der Waals surface area contributed by atoms with Crippen LogP contribution in [0.15, 0.2) is 11.6 Å². The largest absolute Gasteiger partial charge is 0.481 e. The van der Waals surface area contributed by atoms with Crippen LogP contribution in [-0.4, -0.2) is 75.4 Å². The van der Waals surface area contributed by atoms with Crippen molar-refractivity contribution in [2.24, 2.45) is 50.2 Å². The first-order valence-corrected chi connectivity index (χ1v) is 16.9. The summed E-state index contributed by atoms with van der Waals surface area (Å²) in [4.78, 5) is 12.9. The van der Waals surface area contributed by atoms with Crippen molar-refractivity contribution >= 4 is 5.97 Å². The second-order valence-corrected chi connectivity index (χ2v) is 17.2. The van der Waals surface area contributed by atoms with Gasteiger partial charge in [-0.15, -0.1) is 0 Å². The van der Waals surface area contributed by atoms with Gasteiger partial charge in [-0.25, -0.2) is 0 Å². The van der Waals surface area contributed by atoms with Gasteiger partial charge in [-0.1, -0.05) is 53.2 Å². The van der Waals surface area contributed by atoms with Gasteiger partial charge in [-0.05, 0) is 109 Å². The summed E-state index contributed by atoms with van der Waals surface area (Å²) >= 11 is 0.